The third-order valence-electron chi connectivity index (χ3n) is 4.62. The summed E-state index contributed by atoms with van der Waals surface area (Å²) in [5, 5.41) is 7.76. The van der Waals surface area contributed by atoms with Gasteiger partial charge in [-0.3, -0.25) is 9.67 Å². The first-order valence-corrected chi connectivity index (χ1v) is 8.89. The van der Waals surface area contributed by atoms with E-state index >= 15 is 0 Å². The number of hydrogen-bond donors (Lipinski definition) is 1. The summed E-state index contributed by atoms with van der Waals surface area (Å²) < 4.78 is 1.84. The van der Waals surface area contributed by atoms with Crippen molar-refractivity contribution in [3.8, 4) is 0 Å². The molecular weight excluding hydrogens is 312 g/mol. The Bertz CT molecular complexity index is 733. The van der Waals surface area contributed by atoms with Gasteiger partial charge in [-0.25, -0.2) is 0 Å². The molecule has 2 heterocycles. The Balaban J connectivity index is 1.82. The van der Waals surface area contributed by atoms with Crippen LogP contribution in [0.5, 0.6) is 0 Å². The molecule has 1 aromatic carbocycles. The molecule has 1 aromatic heterocycles. The van der Waals surface area contributed by atoms with Crippen LogP contribution in [0.15, 0.2) is 41.7 Å². The summed E-state index contributed by atoms with van der Waals surface area (Å²) in [7, 11) is 6.13. The number of nitrogens with one attached hydrogen (secondary N) is 1. The molecule has 0 radical (unpaired) electrons. The lowest BCUT2D eigenvalue weighted by Gasteiger charge is -2.25. The average molecular weight is 340 g/mol. The van der Waals surface area contributed by atoms with Gasteiger partial charge in [0.05, 0.1) is 18.8 Å². The van der Waals surface area contributed by atoms with Gasteiger partial charge < -0.3 is 15.1 Å². The summed E-state index contributed by atoms with van der Waals surface area (Å²) in [4.78, 5) is 9.45. The highest BCUT2D eigenvalue weighted by atomic mass is 15.3. The maximum absolute atomic E-state index is 4.95. The first-order chi connectivity index (χ1) is 12.1. The molecule has 0 amide bonds. The third-order valence-corrected chi connectivity index (χ3v) is 4.62. The minimum Gasteiger partial charge on any atom is -0.356 e. The van der Waals surface area contributed by atoms with Crippen LogP contribution in [0, 0.1) is 0 Å². The van der Waals surface area contributed by atoms with Gasteiger partial charge in [0.1, 0.15) is 0 Å². The fourth-order valence-electron chi connectivity index (χ4n) is 3.31. The van der Waals surface area contributed by atoms with Crippen molar-refractivity contribution in [2.24, 2.45) is 12.0 Å². The van der Waals surface area contributed by atoms with Crippen LogP contribution < -0.4 is 10.2 Å². The fraction of sp³-hybridized carbons (Fsp3) is 0.474. The van der Waals surface area contributed by atoms with E-state index in [2.05, 4.69) is 71.7 Å². The topological polar surface area (TPSA) is 48.7 Å². The molecule has 1 N–H and O–H groups in total. The van der Waals surface area contributed by atoms with Crippen molar-refractivity contribution in [3.63, 3.8) is 0 Å². The third kappa shape index (κ3) is 3.85. The molecule has 0 spiro atoms. The molecule has 1 aliphatic rings. The number of benzene rings is 1. The molecule has 25 heavy (non-hydrogen) atoms. The number of rotatable bonds is 5. The van der Waals surface area contributed by atoms with E-state index in [0.717, 1.165) is 25.5 Å². The molecule has 134 valence electrons. The van der Waals surface area contributed by atoms with Crippen LogP contribution in [-0.4, -0.2) is 54.4 Å². The van der Waals surface area contributed by atoms with Gasteiger partial charge in [0.15, 0.2) is 5.96 Å². The number of fused-ring (bicyclic) bond motifs is 1. The molecule has 0 bridgehead atoms. The number of hydrogen-bond acceptors (Lipinski definition) is 3. The highest BCUT2D eigenvalue weighted by Crippen LogP contribution is 2.27. The SMILES string of the molecule is CCNC(=NCC(c1cnn(C)c1)N(C)C)N1CCc2ccccc21. The van der Waals surface area contributed by atoms with Crippen LogP contribution in [0.25, 0.3) is 0 Å². The van der Waals surface area contributed by atoms with Crippen molar-refractivity contribution in [2.45, 2.75) is 19.4 Å². The second-order valence-electron chi connectivity index (χ2n) is 6.65. The second kappa shape index (κ2) is 7.70. The molecular formula is C19H28N6. The number of likely N-dealkylation sites (N-methyl/N-ethyl adjacent to an activating group) is 1. The highest BCUT2D eigenvalue weighted by molar-refractivity contribution is 5.98. The number of nitrogens with zero attached hydrogens (tertiary/aromatic N) is 5. The summed E-state index contributed by atoms with van der Waals surface area (Å²) in [5.41, 5.74) is 3.85. The van der Waals surface area contributed by atoms with Crippen LogP contribution in [0.2, 0.25) is 0 Å². The first kappa shape index (κ1) is 17.5. The van der Waals surface area contributed by atoms with Crippen LogP contribution >= 0.6 is 0 Å². The largest absolute Gasteiger partial charge is 0.356 e. The number of aryl methyl sites for hydroxylation is 1. The Labute approximate surface area is 150 Å². The second-order valence-corrected chi connectivity index (χ2v) is 6.65. The molecule has 6 heteroatoms. The van der Waals surface area contributed by atoms with E-state index in [4.69, 9.17) is 4.99 Å². The normalized spacial score (nSPS) is 15.6. The summed E-state index contributed by atoms with van der Waals surface area (Å²) in [6, 6.07) is 8.80. The summed E-state index contributed by atoms with van der Waals surface area (Å²) in [6.45, 7) is 4.64. The summed E-state index contributed by atoms with van der Waals surface area (Å²) >= 11 is 0. The lowest BCUT2D eigenvalue weighted by atomic mass is 10.1. The van der Waals surface area contributed by atoms with Crippen molar-refractivity contribution in [2.75, 3.05) is 38.6 Å². The van der Waals surface area contributed by atoms with E-state index in [1.165, 1.54) is 16.8 Å². The van der Waals surface area contributed by atoms with Gasteiger partial charge in [-0.2, -0.15) is 5.10 Å². The molecule has 0 aliphatic carbocycles. The maximum Gasteiger partial charge on any atom is 0.198 e. The average Bonchev–Trinajstić information content (AvgIpc) is 3.20. The Morgan fingerprint density at radius 1 is 1.36 bits per heavy atom. The zero-order valence-electron chi connectivity index (χ0n) is 15.6. The van der Waals surface area contributed by atoms with Gasteiger partial charge in [0, 0.05) is 37.6 Å². The maximum atomic E-state index is 4.95. The number of guanidine groups is 1. The first-order valence-electron chi connectivity index (χ1n) is 8.89. The van der Waals surface area contributed by atoms with Crippen LogP contribution in [0.4, 0.5) is 5.69 Å². The molecule has 6 nitrogen and oxygen atoms in total. The van der Waals surface area contributed by atoms with Gasteiger partial charge in [0.2, 0.25) is 0 Å². The Hall–Kier alpha value is -2.34. The van der Waals surface area contributed by atoms with Crippen LogP contribution in [-0.2, 0) is 13.5 Å². The van der Waals surface area contributed by atoms with E-state index in [-0.39, 0.29) is 6.04 Å². The highest BCUT2D eigenvalue weighted by Gasteiger charge is 2.23. The van der Waals surface area contributed by atoms with Gasteiger partial charge in [-0.1, -0.05) is 18.2 Å². The number of para-hydroxylation sites is 1. The minimum atomic E-state index is 0.209. The zero-order chi connectivity index (χ0) is 17.8. The van der Waals surface area contributed by atoms with Gasteiger partial charge in [0.25, 0.3) is 0 Å². The Kier molecular flexibility index (Phi) is 5.38. The van der Waals surface area contributed by atoms with Crippen molar-refractivity contribution in [1.82, 2.24) is 20.0 Å². The molecule has 1 aliphatic heterocycles. The molecule has 1 atom stereocenters. The fourth-order valence-corrected chi connectivity index (χ4v) is 3.31. The lowest BCUT2D eigenvalue weighted by Crippen LogP contribution is -2.41. The summed E-state index contributed by atoms with van der Waals surface area (Å²) in [5.74, 6) is 0.961. The van der Waals surface area contributed by atoms with Crippen molar-refractivity contribution >= 4 is 11.6 Å². The van der Waals surface area contributed by atoms with Gasteiger partial charge in [-0.15, -0.1) is 0 Å². The predicted octanol–water partition coefficient (Wildman–Crippen LogP) is 2.05. The number of aliphatic imine (C=N–C) groups is 1. The lowest BCUT2D eigenvalue weighted by molar-refractivity contribution is 0.306. The smallest absolute Gasteiger partial charge is 0.198 e. The van der Waals surface area contributed by atoms with Crippen molar-refractivity contribution in [3.05, 3.63) is 47.8 Å². The van der Waals surface area contributed by atoms with E-state index in [1.807, 2.05) is 17.9 Å². The number of aromatic nitrogens is 2. The van der Waals surface area contributed by atoms with Gasteiger partial charge in [-0.05, 0) is 39.1 Å². The minimum absolute atomic E-state index is 0.209. The number of anilines is 1. The standard InChI is InChI=1S/C19H28N6/c1-5-20-19(25-11-10-15-8-6-7-9-17(15)25)21-13-18(23(2)3)16-12-22-24(4)14-16/h6-9,12,14,18H,5,10-11,13H2,1-4H3,(H,20,21). The van der Waals surface area contributed by atoms with E-state index < -0.39 is 0 Å². The molecule has 3 rings (SSSR count). The van der Waals surface area contributed by atoms with E-state index in [1.54, 1.807) is 0 Å². The molecule has 0 fully saturated rings. The van der Waals surface area contributed by atoms with Crippen molar-refractivity contribution in [1.29, 1.82) is 0 Å². The van der Waals surface area contributed by atoms with E-state index in [9.17, 15) is 0 Å². The van der Waals surface area contributed by atoms with Crippen LogP contribution in [0.3, 0.4) is 0 Å². The Morgan fingerprint density at radius 2 is 2.16 bits per heavy atom. The zero-order valence-corrected chi connectivity index (χ0v) is 15.6. The monoisotopic (exact) mass is 340 g/mol. The molecule has 0 saturated heterocycles. The quantitative estimate of drug-likeness (QED) is 0.668. The Morgan fingerprint density at radius 3 is 2.84 bits per heavy atom. The predicted molar refractivity (Wildman–Crippen MR) is 103 cm³/mol. The van der Waals surface area contributed by atoms with Crippen LogP contribution in [0.1, 0.15) is 24.1 Å². The molecule has 2 aromatic rings. The van der Waals surface area contributed by atoms with E-state index in [0.29, 0.717) is 6.54 Å². The molecule has 1 unspecified atom stereocenters. The van der Waals surface area contributed by atoms with Crippen molar-refractivity contribution < 1.29 is 0 Å². The van der Waals surface area contributed by atoms with Gasteiger partial charge >= 0.3 is 0 Å². The summed E-state index contributed by atoms with van der Waals surface area (Å²) in [6.07, 6.45) is 5.07. The molecule has 0 saturated carbocycles.